The van der Waals surface area contributed by atoms with Crippen LogP contribution in [0.15, 0.2) is 16.9 Å². The quantitative estimate of drug-likeness (QED) is 0.792. The summed E-state index contributed by atoms with van der Waals surface area (Å²) in [6.07, 6.45) is 1.34. The number of hydrogen-bond donors (Lipinski definition) is 2. The Kier molecular flexibility index (Phi) is 2.22. The van der Waals surface area contributed by atoms with Crippen molar-refractivity contribution in [3.8, 4) is 0 Å². The molecule has 0 aromatic carbocycles. The Morgan fingerprint density at radius 3 is 3.14 bits per heavy atom. The number of aromatic nitrogens is 1. The zero-order valence-electron chi connectivity index (χ0n) is 7.14. The number of rotatable bonds is 3. The topological polar surface area (TPSA) is 89.4 Å². The number of carboxylic acid groups (broad SMARTS) is 1. The average molecular weight is 212 g/mol. The first kappa shape index (κ1) is 9.17. The largest absolute Gasteiger partial charge is 0.481 e. The van der Waals surface area contributed by atoms with Crippen LogP contribution in [0.4, 0.5) is 0 Å². The van der Waals surface area contributed by atoms with Crippen LogP contribution < -0.4 is 5.73 Å². The number of nitrogens with zero attached hydrogens (tertiary/aromatic N) is 1. The first-order valence-electron chi connectivity index (χ1n) is 3.98. The maximum absolute atomic E-state index is 10.8. The van der Waals surface area contributed by atoms with Gasteiger partial charge >= 0.3 is 5.97 Å². The summed E-state index contributed by atoms with van der Waals surface area (Å²) in [5.41, 5.74) is 6.06. The second-order valence-electron chi connectivity index (χ2n) is 2.80. The lowest BCUT2D eigenvalue weighted by atomic mass is 10.1. The molecule has 1 unspecified atom stereocenters. The highest BCUT2D eigenvalue weighted by atomic mass is 32.1. The van der Waals surface area contributed by atoms with Gasteiger partial charge in [-0.25, -0.2) is 4.98 Å². The summed E-state index contributed by atoms with van der Waals surface area (Å²) in [5.74, 6) is -1.58. The zero-order valence-corrected chi connectivity index (χ0v) is 7.95. The molecule has 6 heteroatoms. The van der Waals surface area contributed by atoms with Gasteiger partial charge in [0.2, 0.25) is 4.90 Å². The molecule has 0 fully saturated rings. The van der Waals surface area contributed by atoms with Gasteiger partial charge < -0.3 is 15.3 Å². The first-order chi connectivity index (χ1) is 6.72. The van der Waals surface area contributed by atoms with Crippen molar-refractivity contribution in [1.29, 1.82) is 0 Å². The summed E-state index contributed by atoms with van der Waals surface area (Å²) in [5, 5.41) is 8.86. The van der Waals surface area contributed by atoms with Crippen LogP contribution in [0.2, 0.25) is 0 Å². The molecule has 2 aromatic heterocycles. The number of hydrogen-bond acceptors (Lipinski definition) is 5. The summed E-state index contributed by atoms with van der Waals surface area (Å²) in [7, 11) is 0. The van der Waals surface area contributed by atoms with Crippen molar-refractivity contribution in [2.24, 2.45) is 5.73 Å². The predicted octanol–water partition coefficient (Wildman–Crippen LogP) is 1.02. The van der Waals surface area contributed by atoms with Gasteiger partial charge in [0, 0.05) is 11.4 Å². The molecule has 0 spiro atoms. The van der Waals surface area contributed by atoms with Crippen LogP contribution in [0, 0.1) is 0 Å². The van der Waals surface area contributed by atoms with Gasteiger partial charge in [-0.2, -0.15) is 0 Å². The van der Waals surface area contributed by atoms with E-state index in [0.29, 0.717) is 15.3 Å². The number of nitrogens with two attached hydrogens (primary N) is 1. The van der Waals surface area contributed by atoms with Crippen LogP contribution in [0.5, 0.6) is 0 Å². The van der Waals surface area contributed by atoms with Crippen molar-refractivity contribution in [2.75, 3.05) is 6.54 Å². The highest BCUT2D eigenvalue weighted by Crippen LogP contribution is 2.29. The lowest BCUT2D eigenvalue weighted by molar-refractivity contribution is -0.138. The number of aliphatic carboxylic acids is 1. The van der Waals surface area contributed by atoms with E-state index in [1.807, 2.05) is 0 Å². The number of carboxylic acids is 1. The van der Waals surface area contributed by atoms with Gasteiger partial charge in [-0.1, -0.05) is 0 Å². The Bertz CT molecular complexity index is 433. The fourth-order valence-corrected chi connectivity index (χ4v) is 2.23. The molecule has 2 rings (SSSR count). The van der Waals surface area contributed by atoms with Gasteiger partial charge in [-0.05, 0) is 6.07 Å². The minimum Gasteiger partial charge on any atom is -0.481 e. The van der Waals surface area contributed by atoms with Crippen molar-refractivity contribution in [3.05, 3.63) is 17.3 Å². The predicted molar refractivity (Wildman–Crippen MR) is 51.3 cm³/mol. The van der Waals surface area contributed by atoms with E-state index in [9.17, 15) is 4.79 Å². The lowest BCUT2D eigenvalue weighted by Gasteiger charge is -2.04. The summed E-state index contributed by atoms with van der Waals surface area (Å²) in [6, 6.07) is 1.70. The van der Waals surface area contributed by atoms with E-state index in [2.05, 4.69) is 4.98 Å². The van der Waals surface area contributed by atoms with Crippen LogP contribution in [0.1, 0.15) is 10.8 Å². The standard InChI is InChI=1S/C8H8N2O3S/c9-2-4(7(11)12)6-1-5-8(14-6)13-3-10-5/h1,3-4H,2,9H2,(H,11,12). The second-order valence-corrected chi connectivity index (χ2v) is 3.85. The third-order valence-corrected chi connectivity index (χ3v) is 3.06. The normalized spacial score (nSPS) is 13.2. The fraction of sp³-hybridized carbons (Fsp3) is 0.250. The van der Waals surface area contributed by atoms with Gasteiger partial charge in [0.25, 0.3) is 0 Å². The highest BCUT2D eigenvalue weighted by Gasteiger charge is 2.21. The van der Waals surface area contributed by atoms with Gasteiger partial charge in [0.05, 0.1) is 0 Å². The molecular formula is C8H8N2O3S. The fourth-order valence-electron chi connectivity index (χ4n) is 1.20. The van der Waals surface area contributed by atoms with E-state index in [1.165, 1.54) is 17.7 Å². The van der Waals surface area contributed by atoms with E-state index >= 15 is 0 Å². The van der Waals surface area contributed by atoms with Gasteiger partial charge in [0.1, 0.15) is 11.4 Å². The van der Waals surface area contributed by atoms with Crippen molar-refractivity contribution >= 4 is 27.7 Å². The Morgan fingerprint density at radius 1 is 1.79 bits per heavy atom. The third-order valence-electron chi connectivity index (χ3n) is 1.93. The molecule has 0 amide bonds. The third kappa shape index (κ3) is 1.38. The minimum atomic E-state index is -0.920. The van der Waals surface area contributed by atoms with Crippen molar-refractivity contribution in [3.63, 3.8) is 0 Å². The molecule has 1 atom stereocenters. The number of thiophene rings is 1. The Labute approximate surface area is 83.2 Å². The molecular weight excluding hydrogens is 204 g/mol. The molecule has 0 aliphatic heterocycles. The summed E-state index contributed by atoms with van der Waals surface area (Å²) >= 11 is 1.27. The van der Waals surface area contributed by atoms with Crippen LogP contribution >= 0.6 is 11.3 Å². The van der Waals surface area contributed by atoms with Crippen LogP contribution in [-0.2, 0) is 4.79 Å². The second kappa shape index (κ2) is 3.39. The maximum atomic E-state index is 10.8. The maximum Gasteiger partial charge on any atom is 0.313 e. The molecule has 0 bridgehead atoms. The van der Waals surface area contributed by atoms with Crippen molar-refractivity contribution in [2.45, 2.75) is 5.92 Å². The average Bonchev–Trinajstić information content (AvgIpc) is 2.63. The highest BCUT2D eigenvalue weighted by molar-refractivity contribution is 7.18. The van der Waals surface area contributed by atoms with Gasteiger partial charge in [-0.15, -0.1) is 11.3 Å². The molecule has 2 heterocycles. The number of fused-ring (bicyclic) bond motifs is 1. The van der Waals surface area contributed by atoms with Crippen LogP contribution in [-0.4, -0.2) is 22.6 Å². The van der Waals surface area contributed by atoms with Crippen molar-refractivity contribution < 1.29 is 14.3 Å². The monoisotopic (exact) mass is 212 g/mol. The SMILES string of the molecule is NCC(C(=O)O)c1cc2ncoc2s1. The summed E-state index contributed by atoms with van der Waals surface area (Å²) in [4.78, 5) is 16.1. The Hall–Kier alpha value is -1.40. The number of carbonyl (C=O) groups is 1. The summed E-state index contributed by atoms with van der Waals surface area (Å²) in [6.45, 7) is 0.0818. The number of oxazole rings is 1. The molecule has 0 radical (unpaired) electrons. The molecule has 0 saturated carbocycles. The van der Waals surface area contributed by atoms with E-state index in [-0.39, 0.29) is 6.54 Å². The molecule has 5 nitrogen and oxygen atoms in total. The summed E-state index contributed by atoms with van der Waals surface area (Å²) < 4.78 is 5.05. The smallest absolute Gasteiger partial charge is 0.313 e. The van der Waals surface area contributed by atoms with E-state index in [1.54, 1.807) is 6.07 Å². The van der Waals surface area contributed by atoms with Gasteiger partial charge in [-0.3, -0.25) is 4.79 Å². The van der Waals surface area contributed by atoms with E-state index < -0.39 is 11.9 Å². The molecule has 14 heavy (non-hydrogen) atoms. The van der Waals surface area contributed by atoms with E-state index in [0.717, 1.165) is 0 Å². The first-order valence-corrected chi connectivity index (χ1v) is 4.80. The Balaban J connectivity index is 2.42. The molecule has 74 valence electrons. The molecule has 0 aliphatic carbocycles. The van der Waals surface area contributed by atoms with Crippen LogP contribution in [0.25, 0.3) is 10.4 Å². The van der Waals surface area contributed by atoms with Crippen molar-refractivity contribution in [1.82, 2.24) is 4.98 Å². The molecule has 0 saturated heterocycles. The lowest BCUT2D eigenvalue weighted by Crippen LogP contribution is -2.19. The van der Waals surface area contributed by atoms with Crippen LogP contribution in [0.3, 0.4) is 0 Å². The molecule has 3 N–H and O–H groups in total. The zero-order chi connectivity index (χ0) is 10.1. The Morgan fingerprint density at radius 2 is 2.57 bits per heavy atom. The van der Waals surface area contributed by atoms with E-state index in [4.69, 9.17) is 15.3 Å². The molecule has 2 aromatic rings. The molecule has 0 aliphatic rings. The minimum absolute atomic E-state index is 0.0818. The van der Waals surface area contributed by atoms with Gasteiger partial charge in [0.15, 0.2) is 6.39 Å².